The van der Waals surface area contributed by atoms with Crippen molar-refractivity contribution in [1.82, 2.24) is 9.97 Å². The SMILES string of the molecule is COc1ccc(-c2csc(NC(=O)c3ccc(-c4cnco4)cc3)n2)cc1. The molecule has 0 fully saturated rings. The first-order chi connectivity index (χ1) is 13.2. The molecule has 0 aliphatic rings. The third-order valence-corrected chi connectivity index (χ3v) is 4.73. The highest BCUT2D eigenvalue weighted by molar-refractivity contribution is 7.14. The molecule has 7 heteroatoms. The van der Waals surface area contributed by atoms with Crippen LogP contribution in [0.1, 0.15) is 10.4 Å². The van der Waals surface area contributed by atoms with E-state index in [-0.39, 0.29) is 5.91 Å². The van der Waals surface area contributed by atoms with Crippen LogP contribution in [0.15, 0.2) is 70.9 Å². The molecule has 0 aliphatic heterocycles. The second kappa shape index (κ2) is 7.43. The summed E-state index contributed by atoms with van der Waals surface area (Å²) in [6.07, 6.45) is 3.00. The first-order valence-corrected chi connectivity index (χ1v) is 9.01. The first-order valence-electron chi connectivity index (χ1n) is 8.13. The Morgan fingerprint density at radius 1 is 1.07 bits per heavy atom. The maximum absolute atomic E-state index is 12.4. The minimum atomic E-state index is -0.213. The number of carbonyl (C=O) groups is 1. The molecule has 0 unspecified atom stereocenters. The van der Waals surface area contributed by atoms with Crippen molar-refractivity contribution in [3.8, 4) is 28.3 Å². The Balaban J connectivity index is 1.46. The molecule has 1 N–H and O–H groups in total. The highest BCUT2D eigenvalue weighted by Crippen LogP contribution is 2.27. The van der Waals surface area contributed by atoms with Crippen LogP contribution in [0.4, 0.5) is 5.13 Å². The summed E-state index contributed by atoms with van der Waals surface area (Å²) >= 11 is 1.38. The molecule has 0 atom stereocenters. The van der Waals surface area contributed by atoms with Gasteiger partial charge in [-0.3, -0.25) is 10.1 Å². The first kappa shape index (κ1) is 17.0. The van der Waals surface area contributed by atoms with Gasteiger partial charge in [0.05, 0.1) is 19.0 Å². The van der Waals surface area contributed by atoms with Crippen LogP contribution in [0.5, 0.6) is 5.75 Å². The number of anilines is 1. The molecule has 0 bridgehead atoms. The molecule has 1 amide bonds. The van der Waals surface area contributed by atoms with Gasteiger partial charge in [-0.2, -0.15) is 0 Å². The molecule has 2 heterocycles. The molecule has 27 heavy (non-hydrogen) atoms. The van der Waals surface area contributed by atoms with Crippen LogP contribution in [-0.4, -0.2) is 23.0 Å². The lowest BCUT2D eigenvalue weighted by Crippen LogP contribution is -2.11. The highest BCUT2D eigenvalue weighted by atomic mass is 32.1. The fraction of sp³-hybridized carbons (Fsp3) is 0.0500. The number of carbonyl (C=O) groups excluding carboxylic acids is 1. The number of amides is 1. The molecule has 0 saturated heterocycles. The summed E-state index contributed by atoms with van der Waals surface area (Å²) in [6.45, 7) is 0. The summed E-state index contributed by atoms with van der Waals surface area (Å²) in [6, 6.07) is 14.7. The van der Waals surface area contributed by atoms with E-state index in [2.05, 4.69) is 15.3 Å². The standard InChI is InChI=1S/C20H15N3O3S/c1-25-16-8-6-13(7-9-16)17-11-27-20(22-17)23-19(24)15-4-2-14(3-5-15)18-10-21-12-26-18/h2-12H,1H3,(H,22,23,24). The van der Waals surface area contributed by atoms with E-state index >= 15 is 0 Å². The molecule has 0 spiro atoms. The van der Waals surface area contributed by atoms with Gasteiger partial charge in [-0.1, -0.05) is 12.1 Å². The van der Waals surface area contributed by atoms with Gasteiger partial charge in [-0.05, 0) is 36.4 Å². The predicted molar refractivity (Wildman–Crippen MR) is 104 cm³/mol. The van der Waals surface area contributed by atoms with Crippen molar-refractivity contribution in [1.29, 1.82) is 0 Å². The topological polar surface area (TPSA) is 77.2 Å². The van der Waals surface area contributed by atoms with Gasteiger partial charge >= 0.3 is 0 Å². The van der Waals surface area contributed by atoms with E-state index in [9.17, 15) is 4.79 Å². The zero-order chi connectivity index (χ0) is 18.6. The van der Waals surface area contributed by atoms with Crippen LogP contribution < -0.4 is 10.1 Å². The lowest BCUT2D eigenvalue weighted by molar-refractivity contribution is 0.102. The normalized spacial score (nSPS) is 10.6. The molecule has 2 aromatic carbocycles. The van der Waals surface area contributed by atoms with E-state index in [1.54, 1.807) is 25.4 Å². The second-order valence-corrected chi connectivity index (χ2v) is 6.52. The summed E-state index contributed by atoms with van der Waals surface area (Å²) in [5.74, 6) is 1.23. The van der Waals surface area contributed by atoms with E-state index in [1.807, 2.05) is 41.8 Å². The molecule has 0 saturated carbocycles. The zero-order valence-electron chi connectivity index (χ0n) is 14.4. The monoisotopic (exact) mass is 377 g/mol. The molecule has 0 aliphatic carbocycles. The summed E-state index contributed by atoms with van der Waals surface area (Å²) in [5, 5.41) is 5.29. The number of oxazole rings is 1. The molecule has 4 aromatic rings. The summed E-state index contributed by atoms with van der Waals surface area (Å²) < 4.78 is 10.4. The second-order valence-electron chi connectivity index (χ2n) is 5.66. The number of aromatic nitrogens is 2. The lowest BCUT2D eigenvalue weighted by atomic mass is 10.1. The number of nitrogens with zero attached hydrogens (tertiary/aromatic N) is 2. The number of hydrogen-bond donors (Lipinski definition) is 1. The van der Waals surface area contributed by atoms with Crippen LogP contribution in [0, 0.1) is 0 Å². The number of hydrogen-bond acceptors (Lipinski definition) is 6. The largest absolute Gasteiger partial charge is 0.497 e. The fourth-order valence-electron chi connectivity index (χ4n) is 2.54. The van der Waals surface area contributed by atoms with Gasteiger partial charge < -0.3 is 9.15 Å². The number of thiazole rings is 1. The minimum Gasteiger partial charge on any atom is -0.497 e. The van der Waals surface area contributed by atoms with Gasteiger partial charge in [0, 0.05) is 22.1 Å². The van der Waals surface area contributed by atoms with E-state index in [0.29, 0.717) is 16.5 Å². The van der Waals surface area contributed by atoms with Crippen molar-refractivity contribution in [2.24, 2.45) is 0 Å². The third kappa shape index (κ3) is 3.73. The van der Waals surface area contributed by atoms with Crippen molar-refractivity contribution in [3.05, 3.63) is 72.1 Å². The number of nitrogens with one attached hydrogen (secondary N) is 1. The molecule has 4 rings (SSSR count). The molecular weight excluding hydrogens is 362 g/mol. The van der Waals surface area contributed by atoms with Crippen LogP contribution in [0.2, 0.25) is 0 Å². The number of benzene rings is 2. The van der Waals surface area contributed by atoms with E-state index < -0.39 is 0 Å². The Bertz CT molecular complexity index is 1040. The van der Waals surface area contributed by atoms with Crippen molar-refractivity contribution in [2.45, 2.75) is 0 Å². The maximum Gasteiger partial charge on any atom is 0.257 e. The van der Waals surface area contributed by atoms with Gasteiger partial charge in [0.25, 0.3) is 5.91 Å². The average Bonchev–Trinajstić information content (AvgIpc) is 3.40. The summed E-state index contributed by atoms with van der Waals surface area (Å²) in [7, 11) is 1.63. The average molecular weight is 377 g/mol. The maximum atomic E-state index is 12.4. The van der Waals surface area contributed by atoms with Gasteiger partial charge in [0.2, 0.25) is 0 Å². The Morgan fingerprint density at radius 2 is 1.81 bits per heavy atom. The van der Waals surface area contributed by atoms with Gasteiger partial charge in [0.1, 0.15) is 5.75 Å². The number of rotatable bonds is 5. The molecule has 6 nitrogen and oxygen atoms in total. The fourth-order valence-corrected chi connectivity index (χ4v) is 3.25. The van der Waals surface area contributed by atoms with E-state index in [4.69, 9.17) is 9.15 Å². The Labute approximate surface area is 159 Å². The number of ether oxygens (including phenoxy) is 1. The Morgan fingerprint density at radius 3 is 2.48 bits per heavy atom. The van der Waals surface area contributed by atoms with Crippen molar-refractivity contribution >= 4 is 22.4 Å². The van der Waals surface area contributed by atoms with Crippen LogP contribution in [-0.2, 0) is 0 Å². The van der Waals surface area contributed by atoms with Gasteiger partial charge in [-0.15, -0.1) is 11.3 Å². The minimum absolute atomic E-state index is 0.213. The van der Waals surface area contributed by atoms with Gasteiger partial charge in [0.15, 0.2) is 17.3 Å². The van der Waals surface area contributed by atoms with Crippen molar-refractivity contribution in [3.63, 3.8) is 0 Å². The Kier molecular flexibility index (Phi) is 4.67. The predicted octanol–water partition coefficient (Wildman–Crippen LogP) is 4.73. The van der Waals surface area contributed by atoms with Crippen molar-refractivity contribution < 1.29 is 13.9 Å². The molecular formula is C20H15N3O3S. The smallest absolute Gasteiger partial charge is 0.257 e. The molecule has 2 aromatic heterocycles. The third-order valence-electron chi connectivity index (χ3n) is 3.97. The highest BCUT2D eigenvalue weighted by Gasteiger charge is 2.11. The summed E-state index contributed by atoms with van der Waals surface area (Å²) in [4.78, 5) is 20.8. The quantitative estimate of drug-likeness (QED) is 0.544. The van der Waals surface area contributed by atoms with Crippen LogP contribution >= 0.6 is 11.3 Å². The van der Waals surface area contributed by atoms with Crippen molar-refractivity contribution in [2.75, 3.05) is 12.4 Å². The van der Waals surface area contributed by atoms with Gasteiger partial charge in [-0.25, -0.2) is 9.97 Å². The lowest BCUT2D eigenvalue weighted by Gasteiger charge is -2.03. The van der Waals surface area contributed by atoms with E-state index in [1.165, 1.54) is 17.7 Å². The van der Waals surface area contributed by atoms with Crippen LogP contribution in [0.3, 0.4) is 0 Å². The number of methoxy groups -OCH3 is 1. The van der Waals surface area contributed by atoms with E-state index in [0.717, 1.165) is 22.6 Å². The zero-order valence-corrected chi connectivity index (χ0v) is 15.2. The molecule has 0 radical (unpaired) electrons. The molecule has 134 valence electrons. The Hall–Kier alpha value is -3.45. The van der Waals surface area contributed by atoms with Crippen LogP contribution in [0.25, 0.3) is 22.6 Å². The summed E-state index contributed by atoms with van der Waals surface area (Å²) in [5.41, 5.74) is 3.17.